The van der Waals surface area contributed by atoms with E-state index < -0.39 is 0 Å². The second kappa shape index (κ2) is 5.96. The maximum atomic E-state index is 10.3. The van der Waals surface area contributed by atoms with Crippen LogP contribution in [0.15, 0.2) is 22.8 Å². The summed E-state index contributed by atoms with van der Waals surface area (Å²) in [4.78, 5) is 4.30. The predicted octanol–water partition coefficient (Wildman–Crippen LogP) is 4.09. The monoisotopic (exact) mass is 297 g/mol. The fourth-order valence-corrected chi connectivity index (χ4v) is 2.95. The molecule has 2 nitrogen and oxygen atoms in total. The van der Waals surface area contributed by atoms with Crippen LogP contribution >= 0.6 is 15.9 Å². The van der Waals surface area contributed by atoms with Crippen LogP contribution in [0.5, 0.6) is 0 Å². The molecule has 1 aromatic heterocycles. The van der Waals surface area contributed by atoms with Gasteiger partial charge in [-0.15, -0.1) is 0 Å². The maximum absolute atomic E-state index is 10.3. The lowest BCUT2D eigenvalue weighted by Gasteiger charge is -2.30. The summed E-state index contributed by atoms with van der Waals surface area (Å²) in [6, 6.07) is 3.86. The normalized spacial score (nSPS) is 26.8. The van der Waals surface area contributed by atoms with Crippen molar-refractivity contribution in [3.8, 4) is 0 Å². The fraction of sp³-hybridized carbons (Fsp3) is 0.643. The molecule has 94 valence electrons. The molecule has 0 spiro atoms. The number of aromatic nitrogens is 1. The largest absolute Gasteiger partial charge is 0.387 e. The number of aliphatic hydroxyl groups excluding tert-OH is 1. The average molecular weight is 298 g/mol. The molecule has 0 radical (unpaired) electrons. The third kappa shape index (κ3) is 3.29. The Labute approximate surface area is 112 Å². The smallest absolute Gasteiger partial charge is 0.0987 e. The second-order valence-electron chi connectivity index (χ2n) is 5.04. The summed E-state index contributed by atoms with van der Waals surface area (Å²) in [6.45, 7) is 2.26. The van der Waals surface area contributed by atoms with Crippen LogP contribution < -0.4 is 0 Å². The van der Waals surface area contributed by atoms with E-state index in [1.165, 1.54) is 19.3 Å². The highest BCUT2D eigenvalue weighted by atomic mass is 79.9. The number of pyridine rings is 1. The number of hydrogen-bond acceptors (Lipinski definition) is 2. The van der Waals surface area contributed by atoms with E-state index in [0.29, 0.717) is 5.92 Å². The van der Waals surface area contributed by atoms with E-state index >= 15 is 0 Å². The summed E-state index contributed by atoms with van der Waals surface area (Å²) >= 11 is 3.36. The lowest BCUT2D eigenvalue weighted by atomic mass is 9.78. The molecular weight excluding hydrogens is 278 g/mol. The van der Waals surface area contributed by atoms with E-state index in [1.54, 1.807) is 6.20 Å². The van der Waals surface area contributed by atoms with E-state index in [4.69, 9.17) is 0 Å². The van der Waals surface area contributed by atoms with Gasteiger partial charge in [0.1, 0.15) is 0 Å². The van der Waals surface area contributed by atoms with Gasteiger partial charge in [-0.3, -0.25) is 4.98 Å². The van der Waals surface area contributed by atoms with Gasteiger partial charge in [0.15, 0.2) is 0 Å². The average Bonchev–Trinajstić information content (AvgIpc) is 2.39. The van der Waals surface area contributed by atoms with E-state index in [0.717, 1.165) is 28.9 Å². The quantitative estimate of drug-likeness (QED) is 0.911. The van der Waals surface area contributed by atoms with Crippen LogP contribution in [0.25, 0.3) is 0 Å². The summed E-state index contributed by atoms with van der Waals surface area (Å²) < 4.78 is 0.961. The van der Waals surface area contributed by atoms with Crippen molar-refractivity contribution in [1.82, 2.24) is 4.98 Å². The second-order valence-corrected chi connectivity index (χ2v) is 5.95. The van der Waals surface area contributed by atoms with E-state index in [9.17, 15) is 5.11 Å². The Morgan fingerprint density at radius 1 is 1.35 bits per heavy atom. The van der Waals surface area contributed by atoms with Gasteiger partial charge in [0.25, 0.3) is 0 Å². The fourth-order valence-electron chi connectivity index (χ4n) is 2.72. The molecule has 0 amide bonds. The molecule has 1 aliphatic rings. The van der Waals surface area contributed by atoms with Gasteiger partial charge in [0.05, 0.1) is 11.8 Å². The molecule has 1 unspecified atom stereocenters. The summed E-state index contributed by atoms with van der Waals surface area (Å²) in [5, 5.41) is 10.3. The van der Waals surface area contributed by atoms with Crippen LogP contribution in [-0.4, -0.2) is 10.1 Å². The molecular formula is C14H20BrNO. The van der Waals surface area contributed by atoms with Gasteiger partial charge in [-0.1, -0.05) is 26.2 Å². The standard InChI is InChI=1S/C14H20BrNO/c1-2-10-3-5-11(6-4-10)14(17)13-8-7-12(15)9-16-13/h7-11,14,17H,2-6H2,1H3. The van der Waals surface area contributed by atoms with Gasteiger partial charge in [-0.05, 0) is 52.7 Å². The topological polar surface area (TPSA) is 33.1 Å². The van der Waals surface area contributed by atoms with Gasteiger partial charge in [-0.25, -0.2) is 0 Å². The molecule has 0 bridgehead atoms. The third-order valence-corrected chi connectivity index (χ3v) is 4.44. The van der Waals surface area contributed by atoms with Gasteiger partial charge in [0, 0.05) is 10.7 Å². The molecule has 3 heteroatoms. The van der Waals surface area contributed by atoms with Crippen LogP contribution in [0.1, 0.15) is 50.8 Å². The Kier molecular flexibility index (Phi) is 4.57. The van der Waals surface area contributed by atoms with Crippen molar-refractivity contribution in [2.45, 2.75) is 45.1 Å². The van der Waals surface area contributed by atoms with Gasteiger partial charge >= 0.3 is 0 Å². The number of rotatable bonds is 3. The van der Waals surface area contributed by atoms with Gasteiger partial charge in [-0.2, -0.15) is 0 Å². The molecule has 1 atom stereocenters. The van der Waals surface area contributed by atoms with Crippen LogP contribution in [0.4, 0.5) is 0 Å². The van der Waals surface area contributed by atoms with Crippen molar-refractivity contribution < 1.29 is 5.11 Å². The highest BCUT2D eigenvalue weighted by molar-refractivity contribution is 9.10. The third-order valence-electron chi connectivity index (χ3n) is 3.97. The van der Waals surface area contributed by atoms with Crippen molar-refractivity contribution >= 4 is 15.9 Å². The number of nitrogens with zero attached hydrogens (tertiary/aromatic N) is 1. The van der Waals surface area contributed by atoms with Gasteiger partial charge in [0.2, 0.25) is 0 Å². The highest BCUT2D eigenvalue weighted by Crippen LogP contribution is 2.37. The van der Waals surface area contributed by atoms with E-state index in [2.05, 4.69) is 27.8 Å². The first-order valence-electron chi connectivity index (χ1n) is 6.50. The minimum atomic E-state index is -0.388. The molecule has 1 aromatic rings. The maximum Gasteiger partial charge on any atom is 0.0987 e. The first-order valence-corrected chi connectivity index (χ1v) is 7.29. The Morgan fingerprint density at radius 2 is 2.06 bits per heavy atom. The summed E-state index contributed by atoms with van der Waals surface area (Å²) in [6.07, 6.45) is 7.44. The molecule has 17 heavy (non-hydrogen) atoms. The Hall–Kier alpha value is -0.410. The summed E-state index contributed by atoms with van der Waals surface area (Å²) in [5.41, 5.74) is 0.813. The number of halogens is 1. The first kappa shape index (κ1) is 13.0. The van der Waals surface area contributed by atoms with Crippen molar-refractivity contribution in [3.63, 3.8) is 0 Å². The Bertz CT molecular complexity index is 344. The molecule has 1 saturated carbocycles. The zero-order chi connectivity index (χ0) is 12.3. The molecule has 1 N–H and O–H groups in total. The lowest BCUT2D eigenvalue weighted by Crippen LogP contribution is -2.20. The number of hydrogen-bond donors (Lipinski definition) is 1. The predicted molar refractivity (Wildman–Crippen MR) is 72.6 cm³/mol. The highest BCUT2D eigenvalue weighted by Gasteiger charge is 2.27. The summed E-state index contributed by atoms with van der Waals surface area (Å²) in [7, 11) is 0. The van der Waals surface area contributed by atoms with Crippen molar-refractivity contribution in [2.75, 3.05) is 0 Å². The van der Waals surface area contributed by atoms with E-state index in [-0.39, 0.29) is 6.10 Å². The minimum absolute atomic E-state index is 0.388. The van der Waals surface area contributed by atoms with Crippen LogP contribution in [0, 0.1) is 11.8 Å². The SMILES string of the molecule is CCC1CCC(C(O)c2ccc(Br)cn2)CC1. The van der Waals surface area contributed by atoms with E-state index in [1.807, 2.05) is 12.1 Å². The molecule has 1 heterocycles. The van der Waals surface area contributed by atoms with Crippen molar-refractivity contribution in [2.24, 2.45) is 11.8 Å². The van der Waals surface area contributed by atoms with Crippen LogP contribution in [-0.2, 0) is 0 Å². The molecule has 0 saturated heterocycles. The van der Waals surface area contributed by atoms with Crippen LogP contribution in [0.2, 0.25) is 0 Å². The van der Waals surface area contributed by atoms with Gasteiger partial charge < -0.3 is 5.11 Å². The first-order chi connectivity index (χ1) is 8.20. The zero-order valence-electron chi connectivity index (χ0n) is 10.3. The Balaban J connectivity index is 1.96. The lowest BCUT2D eigenvalue weighted by molar-refractivity contribution is 0.0696. The van der Waals surface area contributed by atoms with Crippen molar-refractivity contribution in [1.29, 1.82) is 0 Å². The Morgan fingerprint density at radius 3 is 2.59 bits per heavy atom. The summed E-state index contributed by atoms with van der Waals surface area (Å²) in [5.74, 6) is 1.27. The molecule has 2 rings (SSSR count). The van der Waals surface area contributed by atoms with Crippen molar-refractivity contribution in [3.05, 3.63) is 28.5 Å². The van der Waals surface area contributed by atoms with Crippen LogP contribution in [0.3, 0.4) is 0 Å². The molecule has 1 aliphatic carbocycles. The molecule has 0 aromatic carbocycles. The molecule has 1 fully saturated rings. The number of aliphatic hydroxyl groups is 1. The minimum Gasteiger partial charge on any atom is -0.387 e. The molecule has 0 aliphatic heterocycles. The zero-order valence-corrected chi connectivity index (χ0v) is 11.9.